The van der Waals surface area contributed by atoms with Crippen molar-refractivity contribution in [3.63, 3.8) is 0 Å². The lowest BCUT2D eigenvalue weighted by atomic mass is 9.75. The van der Waals surface area contributed by atoms with Crippen LogP contribution in [0.1, 0.15) is 34.9 Å². The molecular formula is C16H21N5O4. The molecule has 25 heavy (non-hydrogen) atoms. The van der Waals surface area contributed by atoms with Crippen molar-refractivity contribution in [1.82, 2.24) is 24.2 Å². The minimum atomic E-state index is -0.561. The van der Waals surface area contributed by atoms with Gasteiger partial charge in [-0.25, -0.2) is 4.79 Å². The van der Waals surface area contributed by atoms with Gasteiger partial charge in [-0.2, -0.15) is 5.10 Å². The van der Waals surface area contributed by atoms with Crippen molar-refractivity contribution >= 4 is 5.91 Å². The van der Waals surface area contributed by atoms with Crippen molar-refractivity contribution in [2.45, 2.75) is 25.0 Å². The van der Waals surface area contributed by atoms with Gasteiger partial charge < -0.3 is 10.4 Å². The van der Waals surface area contributed by atoms with Crippen molar-refractivity contribution in [1.29, 1.82) is 0 Å². The second kappa shape index (κ2) is 6.32. The highest BCUT2D eigenvalue weighted by molar-refractivity contribution is 5.92. The van der Waals surface area contributed by atoms with E-state index < -0.39 is 17.2 Å². The molecule has 0 bridgehead atoms. The molecule has 0 saturated heterocycles. The Morgan fingerprint density at radius 1 is 1.28 bits per heavy atom. The molecule has 2 heterocycles. The number of nitrogens with one attached hydrogen (secondary N) is 1. The Bertz CT molecular complexity index is 919. The molecule has 9 nitrogen and oxygen atoms in total. The normalized spacial score (nSPS) is 20.8. The number of hydrogen-bond acceptors (Lipinski definition) is 5. The van der Waals surface area contributed by atoms with Gasteiger partial charge in [0.1, 0.15) is 5.69 Å². The molecule has 134 valence electrons. The average Bonchev–Trinajstić information content (AvgIpc) is 2.97. The van der Waals surface area contributed by atoms with E-state index in [0.29, 0.717) is 12.8 Å². The highest BCUT2D eigenvalue weighted by Gasteiger charge is 2.36. The lowest BCUT2D eigenvalue weighted by Crippen LogP contribution is -2.44. The van der Waals surface area contributed by atoms with Gasteiger partial charge in [0.25, 0.3) is 11.5 Å². The Balaban J connectivity index is 1.91. The Labute approximate surface area is 143 Å². The van der Waals surface area contributed by atoms with E-state index in [-0.39, 0.29) is 23.8 Å². The molecule has 1 atom stereocenters. The summed E-state index contributed by atoms with van der Waals surface area (Å²) in [4.78, 5) is 36.6. The van der Waals surface area contributed by atoms with E-state index in [4.69, 9.17) is 0 Å². The fourth-order valence-electron chi connectivity index (χ4n) is 3.14. The standard InChI is InChI=1S/C16H21N5O4/c1-19-8-10(7-17-19)14(9-4-11(22)5-9)18-15(24)12-6-13(23)21(3)16(25)20(12)2/h6-9,11,14,22H,4-5H2,1-3H3,(H,18,24)/t9?,11?,14-/m1/s1. The first-order valence-electron chi connectivity index (χ1n) is 8.02. The Hall–Kier alpha value is -2.68. The SMILES string of the molecule is Cn1cc([C@H](NC(=O)c2cc(=O)n(C)c(=O)n2C)C2CC(O)C2)cn1. The molecule has 0 aliphatic heterocycles. The van der Waals surface area contributed by atoms with Gasteiger partial charge in [0.2, 0.25) is 0 Å². The molecule has 2 aromatic heterocycles. The van der Waals surface area contributed by atoms with Crippen LogP contribution in [0.15, 0.2) is 28.0 Å². The molecule has 0 radical (unpaired) electrons. The summed E-state index contributed by atoms with van der Waals surface area (Å²) >= 11 is 0. The lowest BCUT2D eigenvalue weighted by Gasteiger charge is -2.37. The molecule has 2 N–H and O–H groups in total. The van der Waals surface area contributed by atoms with Crippen molar-refractivity contribution in [2.24, 2.45) is 27.1 Å². The van der Waals surface area contributed by atoms with Crippen molar-refractivity contribution in [2.75, 3.05) is 0 Å². The Morgan fingerprint density at radius 3 is 2.52 bits per heavy atom. The fourth-order valence-corrected chi connectivity index (χ4v) is 3.14. The quantitative estimate of drug-likeness (QED) is 0.741. The Morgan fingerprint density at radius 2 is 1.96 bits per heavy atom. The van der Waals surface area contributed by atoms with E-state index >= 15 is 0 Å². The summed E-state index contributed by atoms with van der Waals surface area (Å²) < 4.78 is 3.72. The Kier molecular flexibility index (Phi) is 4.34. The minimum Gasteiger partial charge on any atom is -0.393 e. The number of rotatable bonds is 4. The van der Waals surface area contributed by atoms with E-state index in [1.165, 1.54) is 14.1 Å². The molecular weight excluding hydrogens is 326 g/mol. The van der Waals surface area contributed by atoms with Crippen LogP contribution < -0.4 is 16.6 Å². The molecule has 1 fully saturated rings. The molecule has 1 saturated carbocycles. The van der Waals surface area contributed by atoms with Crippen LogP contribution in [-0.2, 0) is 21.1 Å². The minimum absolute atomic E-state index is 0.00172. The summed E-state index contributed by atoms with van der Waals surface area (Å²) in [6.07, 6.45) is 4.26. The van der Waals surface area contributed by atoms with Crippen LogP contribution in [0.25, 0.3) is 0 Å². The van der Waals surface area contributed by atoms with Gasteiger partial charge in [0, 0.05) is 39.0 Å². The third-order valence-corrected chi connectivity index (χ3v) is 4.75. The van der Waals surface area contributed by atoms with Crippen LogP contribution in [0.2, 0.25) is 0 Å². The zero-order valence-electron chi connectivity index (χ0n) is 14.3. The van der Waals surface area contributed by atoms with Crippen LogP contribution in [0.4, 0.5) is 0 Å². The van der Waals surface area contributed by atoms with Crippen LogP contribution in [0, 0.1) is 5.92 Å². The third kappa shape index (κ3) is 3.14. The molecule has 1 aliphatic rings. The molecule has 0 aromatic carbocycles. The van der Waals surface area contributed by atoms with Crippen molar-refractivity contribution in [3.8, 4) is 0 Å². The van der Waals surface area contributed by atoms with Gasteiger partial charge in [0.15, 0.2) is 0 Å². The van der Waals surface area contributed by atoms with Gasteiger partial charge in [0.05, 0.1) is 18.3 Å². The lowest BCUT2D eigenvalue weighted by molar-refractivity contribution is 0.0234. The molecule has 0 unspecified atom stereocenters. The third-order valence-electron chi connectivity index (χ3n) is 4.75. The van der Waals surface area contributed by atoms with Gasteiger partial charge in [-0.15, -0.1) is 0 Å². The number of aliphatic hydroxyl groups is 1. The van der Waals surface area contributed by atoms with Gasteiger partial charge in [-0.1, -0.05) is 0 Å². The predicted molar refractivity (Wildman–Crippen MR) is 89.1 cm³/mol. The summed E-state index contributed by atoms with van der Waals surface area (Å²) in [5.74, 6) is -0.431. The first-order valence-corrected chi connectivity index (χ1v) is 8.02. The predicted octanol–water partition coefficient (Wildman–Crippen LogP) is -0.940. The number of aromatic nitrogens is 4. The number of carbonyl (C=O) groups excluding carboxylic acids is 1. The summed E-state index contributed by atoms with van der Waals surface area (Å²) in [6.45, 7) is 0. The molecule has 1 amide bonds. The summed E-state index contributed by atoms with van der Waals surface area (Å²) in [6, 6.07) is 0.802. The first-order chi connectivity index (χ1) is 11.8. The van der Waals surface area contributed by atoms with E-state index in [0.717, 1.165) is 20.8 Å². The highest BCUT2D eigenvalue weighted by Crippen LogP contribution is 2.38. The molecule has 0 spiro atoms. The van der Waals surface area contributed by atoms with Crippen molar-refractivity contribution in [3.05, 3.63) is 50.6 Å². The van der Waals surface area contributed by atoms with E-state index in [9.17, 15) is 19.5 Å². The number of amides is 1. The van der Waals surface area contributed by atoms with Crippen LogP contribution in [0.3, 0.4) is 0 Å². The number of nitrogens with zero attached hydrogens (tertiary/aromatic N) is 4. The van der Waals surface area contributed by atoms with E-state index in [1.54, 1.807) is 24.1 Å². The van der Waals surface area contributed by atoms with E-state index in [2.05, 4.69) is 10.4 Å². The molecule has 3 rings (SSSR count). The number of hydrogen-bond donors (Lipinski definition) is 2. The van der Waals surface area contributed by atoms with Crippen LogP contribution in [0.5, 0.6) is 0 Å². The van der Waals surface area contributed by atoms with Crippen LogP contribution in [-0.4, -0.2) is 36.0 Å². The maximum Gasteiger partial charge on any atom is 0.331 e. The van der Waals surface area contributed by atoms with Crippen molar-refractivity contribution < 1.29 is 9.90 Å². The van der Waals surface area contributed by atoms with Crippen LogP contribution >= 0.6 is 0 Å². The van der Waals surface area contributed by atoms with Gasteiger partial charge in [-0.05, 0) is 18.8 Å². The fraction of sp³-hybridized carbons (Fsp3) is 0.500. The molecule has 1 aliphatic carbocycles. The largest absolute Gasteiger partial charge is 0.393 e. The number of aliphatic hydroxyl groups excluding tert-OH is 1. The molecule has 2 aromatic rings. The summed E-state index contributed by atoms with van der Waals surface area (Å²) in [5.41, 5.74) is -0.275. The monoisotopic (exact) mass is 347 g/mol. The van der Waals surface area contributed by atoms with Gasteiger partial charge in [-0.3, -0.25) is 23.4 Å². The number of aryl methyl sites for hydroxylation is 1. The summed E-state index contributed by atoms with van der Waals surface area (Å²) in [7, 11) is 4.59. The maximum atomic E-state index is 12.7. The zero-order valence-corrected chi connectivity index (χ0v) is 14.3. The topological polar surface area (TPSA) is 111 Å². The maximum absolute atomic E-state index is 12.7. The zero-order chi connectivity index (χ0) is 18.3. The second-order valence-electron chi connectivity index (χ2n) is 6.55. The van der Waals surface area contributed by atoms with E-state index in [1.807, 2.05) is 0 Å². The number of carbonyl (C=O) groups is 1. The highest BCUT2D eigenvalue weighted by atomic mass is 16.3. The van der Waals surface area contributed by atoms with Gasteiger partial charge >= 0.3 is 5.69 Å². The summed E-state index contributed by atoms with van der Waals surface area (Å²) in [5, 5.41) is 16.6. The smallest absolute Gasteiger partial charge is 0.331 e. The molecule has 9 heteroatoms. The second-order valence-corrected chi connectivity index (χ2v) is 6.55. The first kappa shape index (κ1) is 17.2. The average molecular weight is 347 g/mol.